The molecule has 7 rings (SSSR count). The Morgan fingerprint density at radius 3 is 0.688 bits per heavy atom. The molecule has 0 radical (unpaired) electrons. The van der Waals surface area contributed by atoms with Gasteiger partial charge in [0.15, 0.2) is 23.0 Å². The van der Waals surface area contributed by atoms with Crippen molar-refractivity contribution in [3.8, 4) is 23.0 Å². The monoisotopic (exact) mass is 872 g/mol. The highest BCUT2D eigenvalue weighted by Crippen LogP contribution is 2.36. The van der Waals surface area contributed by atoms with E-state index in [0.717, 1.165) is 169 Å². The van der Waals surface area contributed by atoms with Crippen LogP contribution < -0.4 is 18.9 Å². The number of hydrogen-bond acceptors (Lipinski definition) is 12. The summed E-state index contributed by atoms with van der Waals surface area (Å²) in [6, 6.07) is 16.1. The normalized spacial score (nSPS) is 13.2. The van der Waals surface area contributed by atoms with Crippen molar-refractivity contribution < 1.29 is 39.4 Å². The van der Waals surface area contributed by atoms with E-state index in [1.165, 1.54) is 0 Å². The number of ether oxygens (including phenoxy) is 4. The molecule has 6 aromatic rings. The average molecular weight is 873 g/mol. The molecule has 4 N–H and O–H groups in total. The molecule has 2 heterocycles. The minimum Gasteiger partial charge on any atom is -0.490 e. The van der Waals surface area contributed by atoms with E-state index in [1.807, 2.05) is 24.3 Å². The quantitative estimate of drug-likeness (QED) is 0.0272. The highest BCUT2D eigenvalue weighted by molar-refractivity contribution is 5.97. The molecule has 64 heavy (non-hydrogen) atoms. The van der Waals surface area contributed by atoms with Gasteiger partial charge in [-0.2, -0.15) is 0 Å². The fourth-order valence-corrected chi connectivity index (χ4v) is 7.92. The summed E-state index contributed by atoms with van der Waals surface area (Å²) in [5.74, 6) is 2.60. The van der Waals surface area contributed by atoms with Gasteiger partial charge in [-0.05, 0) is 124 Å². The van der Waals surface area contributed by atoms with Crippen LogP contribution in [0.5, 0.6) is 23.0 Å². The first-order chi connectivity index (χ1) is 31.6. The van der Waals surface area contributed by atoms with Crippen molar-refractivity contribution in [2.45, 2.75) is 103 Å². The fraction of sp³-hybridized carbons (Fsp3) is 0.462. The Balaban J connectivity index is 1.14. The van der Waals surface area contributed by atoms with Gasteiger partial charge in [-0.15, -0.1) is 0 Å². The van der Waals surface area contributed by atoms with Gasteiger partial charge < -0.3 is 39.4 Å². The third kappa shape index (κ3) is 12.9. The Morgan fingerprint density at radius 1 is 0.266 bits per heavy atom. The second-order valence-corrected chi connectivity index (χ2v) is 16.6. The summed E-state index contributed by atoms with van der Waals surface area (Å²) in [6.45, 7) is 3.00. The lowest BCUT2D eigenvalue weighted by molar-refractivity contribution is 0.251. The zero-order valence-electron chi connectivity index (χ0n) is 37.1. The van der Waals surface area contributed by atoms with Gasteiger partial charge in [0.25, 0.3) is 0 Å². The molecule has 2 aromatic heterocycles. The zero-order valence-corrected chi connectivity index (χ0v) is 37.1. The number of benzene rings is 4. The van der Waals surface area contributed by atoms with Crippen molar-refractivity contribution in [1.29, 1.82) is 0 Å². The highest BCUT2D eigenvalue weighted by Gasteiger charge is 2.16. The molecule has 340 valence electrons. The number of aliphatic hydroxyl groups is 4. The van der Waals surface area contributed by atoms with Gasteiger partial charge in [0.05, 0.1) is 70.6 Å². The van der Waals surface area contributed by atoms with Crippen LogP contribution >= 0.6 is 0 Å². The molecule has 0 aliphatic heterocycles. The molecular weight excluding hydrogens is 809 g/mol. The first kappa shape index (κ1) is 46.6. The van der Waals surface area contributed by atoms with Crippen molar-refractivity contribution in [2.75, 3.05) is 52.9 Å². The Hall–Kier alpha value is -5.40. The molecule has 0 atom stereocenters. The van der Waals surface area contributed by atoms with Gasteiger partial charge in [0.2, 0.25) is 0 Å². The van der Waals surface area contributed by atoms with E-state index in [1.54, 1.807) is 0 Å². The summed E-state index contributed by atoms with van der Waals surface area (Å²) in [5.41, 5.74) is 10.1. The van der Waals surface area contributed by atoms with Crippen LogP contribution in [-0.2, 0) is 0 Å². The maximum Gasteiger partial charge on any atom is 0.163 e. The van der Waals surface area contributed by atoms with E-state index in [-0.39, 0.29) is 26.4 Å². The SMILES string of the molecule is OCCCCCCOc1cc2nc3cc4c(cc3nc2cc1OCCCCCCO)/C=C\c1cc2nc3cc(OCCCCCCO)c(OCCCCCCO)cc3nc2cc1/C=C\4. The number of hydrogen-bond donors (Lipinski definition) is 4. The van der Waals surface area contributed by atoms with Gasteiger partial charge in [0.1, 0.15) is 0 Å². The molecule has 0 amide bonds. The van der Waals surface area contributed by atoms with Gasteiger partial charge >= 0.3 is 0 Å². The van der Waals surface area contributed by atoms with E-state index < -0.39 is 0 Å². The molecule has 0 saturated heterocycles. The lowest BCUT2D eigenvalue weighted by Crippen LogP contribution is -2.04. The lowest BCUT2D eigenvalue weighted by Gasteiger charge is -2.15. The predicted molar refractivity (Wildman–Crippen MR) is 256 cm³/mol. The minimum absolute atomic E-state index is 0.209. The summed E-state index contributed by atoms with van der Waals surface area (Å²) >= 11 is 0. The molecule has 0 spiro atoms. The largest absolute Gasteiger partial charge is 0.490 e. The van der Waals surface area contributed by atoms with Crippen LogP contribution in [0.3, 0.4) is 0 Å². The smallest absolute Gasteiger partial charge is 0.163 e. The van der Waals surface area contributed by atoms with Gasteiger partial charge in [-0.25, -0.2) is 19.9 Å². The Bertz CT molecular complexity index is 2170. The second-order valence-electron chi connectivity index (χ2n) is 16.6. The number of aromatic nitrogens is 4. The summed E-state index contributed by atoms with van der Waals surface area (Å²) in [7, 11) is 0. The summed E-state index contributed by atoms with van der Waals surface area (Å²) < 4.78 is 25.1. The van der Waals surface area contributed by atoms with E-state index in [4.69, 9.17) is 59.3 Å². The second kappa shape index (κ2) is 24.6. The van der Waals surface area contributed by atoms with Gasteiger partial charge in [0, 0.05) is 50.7 Å². The average Bonchev–Trinajstić information content (AvgIpc) is 3.30. The maximum atomic E-state index is 9.15. The van der Waals surface area contributed by atoms with Gasteiger partial charge in [-0.1, -0.05) is 50.0 Å². The Morgan fingerprint density at radius 2 is 0.469 bits per heavy atom. The molecule has 12 heteroatoms. The molecule has 12 nitrogen and oxygen atoms in total. The van der Waals surface area contributed by atoms with Crippen LogP contribution in [0.15, 0.2) is 48.5 Å². The lowest BCUT2D eigenvalue weighted by atomic mass is 9.97. The Labute approximate surface area is 376 Å². The van der Waals surface area contributed by atoms with E-state index in [0.29, 0.717) is 49.4 Å². The van der Waals surface area contributed by atoms with E-state index >= 15 is 0 Å². The number of rotatable bonds is 28. The molecule has 0 fully saturated rings. The number of fused-ring (bicyclic) bond motifs is 6. The molecule has 0 bridgehead atoms. The minimum atomic E-state index is 0.209. The number of nitrogens with zero attached hydrogens (tertiary/aromatic N) is 4. The Kier molecular flexibility index (Phi) is 17.9. The van der Waals surface area contributed by atoms with Crippen LogP contribution in [0.4, 0.5) is 0 Å². The number of unbranched alkanes of at least 4 members (excludes halogenated alkanes) is 12. The van der Waals surface area contributed by atoms with Gasteiger partial charge in [-0.3, -0.25) is 0 Å². The molecule has 0 saturated carbocycles. The van der Waals surface area contributed by atoms with Crippen molar-refractivity contribution in [3.63, 3.8) is 0 Å². The van der Waals surface area contributed by atoms with Crippen molar-refractivity contribution >= 4 is 68.4 Å². The van der Waals surface area contributed by atoms with Crippen molar-refractivity contribution in [2.24, 2.45) is 0 Å². The van der Waals surface area contributed by atoms with E-state index in [2.05, 4.69) is 48.6 Å². The van der Waals surface area contributed by atoms with E-state index in [9.17, 15) is 0 Å². The first-order valence-electron chi connectivity index (χ1n) is 23.5. The topological polar surface area (TPSA) is 169 Å². The summed E-state index contributed by atoms with van der Waals surface area (Å²) in [4.78, 5) is 20.3. The zero-order chi connectivity index (χ0) is 44.4. The number of aliphatic hydroxyl groups excluding tert-OH is 4. The van der Waals surface area contributed by atoms with Crippen LogP contribution in [0.2, 0.25) is 0 Å². The summed E-state index contributed by atoms with van der Waals surface area (Å²) in [5, 5.41) is 36.6. The fourth-order valence-electron chi connectivity index (χ4n) is 7.92. The molecular formula is C52H64N4O8. The standard InChI is InChI=1S/C52H64N4O8/c57-21-9-1-5-13-25-61-49-33-45-46(34-50(49)62-26-14-6-2-10-22-58)54-42-30-38-19-20-40-32-44-43(31-39(40)18-17-37(38)29-41(42)53-45)55-47-35-51(63-27-15-7-3-11-23-59)52(36-48(47)56-44)64-28-16-8-4-12-24-60/h17-20,29-36,57-60H,1-16,21-28H2/b18-17-,20-19-,37-17?,38-19?,39-18?,40-20?. The molecule has 1 aliphatic rings. The van der Waals surface area contributed by atoms with Crippen molar-refractivity contribution in [3.05, 3.63) is 70.8 Å². The van der Waals surface area contributed by atoms with Crippen LogP contribution in [0, 0.1) is 0 Å². The van der Waals surface area contributed by atoms with Crippen molar-refractivity contribution in [1.82, 2.24) is 19.9 Å². The van der Waals surface area contributed by atoms with Crippen LogP contribution in [0.1, 0.15) is 125 Å². The van der Waals surface area contributed by atoms with Crippen LogP contribution in [-0.4, -0.2) is 93.2 Å². The van der Waals surface area contributed by atoms with Crippen LogP contribution in [0.25, 0.3) is 68.4 Å². The molecule has 0 unspecified atom stereocenters. The highest BCUT2D eigenvalue weighted by atomic mass is 16.5. The third-order valence-electron chi connectivity index (χ3n) is 11.5. The molecule has 1 aliphatic carbocycles. The molecule has 4 aromatic carbocycles. The predicted octanol–water partition coefficient (Wildman–Crippen LogP) is 10.3. The summed E-state index contributed by atoms with van der Waals surface area (Å²) in [6.07, 6.45) is 22.9. The third-order valence-corrected chi connectivity index (χ3v) is 11.5. The maximum absolute atomic E-state index is 9.15. The first-order valence-corrected chi connectivity index (χ1v) is 23.5.